The van der Waals surface area contributed by atoms with Crippen LogP contribution in [0.4, 0.5) is 0 Å². The quantitative estimate of drug-likeness (QED) is 0.249. The van der Waals surface area contributed by atoms with Gasteiger partial charge in [-0.3, -0.25) is 9.79 Å². The van der Waals surface area contributed by atoms with Crippen molar-refractivity contribution in [1.29, 1.82) is 0 Å². The molecule has 0 aliphatic carbocycles. The van der Waals surface area contributed by atoms with Gasteiger partial charge in [0.1, 0.15) is 17.4 Å². The van der Waals surface area contributed by atoms with Gasteiger partial charge in [-0.15, -0.1) is 0 Å². The number of nitrogens with one attached hydrogen (secondary N) is 2. The zero-order chi connectivity index (χ0) is 25.1. The zero-order valence-electron chi connectivity index (χ0n) is 20.0. The fraction of sp³-hybridized carbons (Fsp3) is 0.591. The first-order valence-corrected chi connectivity index (χ1v) is 12.3. The summed E-state index contributed by atoms with van der Waals surface area (Å²) in [4.78, 5) is 26.4. The molecule has 10 nitrogen and oxygen atoms in total. The summed E-state index contributed by atoms with van der Waals surface area (Å²) < 4.78 is 34.8. The van der Waals surface area contributed by atoms with Gasteiger partial charge in [-0.2, -0.15) is 0 Å². The highest BCUT2D eigenvalue weighted by Gasteiger charge is 2.33. The maximum absolute atomic E-state index is 13.2. The van der Waals surface area contributed by atoms with Gasteiger partial charge < -0.3 is 20.9 Å². The molecule has 184 valence electrons. The molecule has 0 fully saturated rings. The van der Waals surface area contributed by atoms with Crippen molar-refractivity contribution in [3.8, 4) is 5.75 Å². The van der Waals surface area contributed by atoms with E-state index in [0.29, 0.717) is 24.0 Å². The van der Waals surface area contributed by atoms with Crippen molar-refractivity contribution in [2.75, 3.05) is 6.54 Å². The molecule has 1 aliphatic rings. The van der Waals surface area contributed by atoms with Crippen LogP contribution in [0.3, 0.4) is 0 Å². The van der Waals surface area contributed by atoms with Crippen molar-refractivity contribution in [1.82, 2.24) is 10.0 Å². The second-order valence-corrected chi connectivity index (χ2v) is 10.6. The first kappa shape index (κ1) is 26.4. The Morgan fingerprint density at radius 1 is 1.21 bits per heavy atom. The van der Waals surface area contributed by atoms with Crippen LogP contribution in [0.5, 0.6) is 5.75 Å². The number of carboxylic acids is 1. The van der Waals surface area contributed by atoms with Crippen LogP contribution in [-0.4, -0.2) is 49.5 Å². The molecule has 5 N–H and O–H groups in total. The predicted molar refractivity (Wildman–Crippen MR) is 125 cm³/mol. The number of hydrogen-bond donors (Lipinski definition) is 4. The molecule has 0 saturated carbocycles. The Morgan fingerprint density at radius 3 is 2.42 bits per heavy atom. The summed E-state index contributed by atoms with van der Waals surface area (Å²) in [5.41, 5.74) is 8.37. The van der Waals surface area contributed by atoms with Crippen LogP contribution in [-0.2, 0) is 26.0 Å². The van der Waals surface area contributed by atoms with Crippen molar-refractivity contribution in [3.05, 3.63) is 22.3 Å². The van der Waals surface area contributed by atoms with E-state index < -0.39 is 27.9 Å². The van der Waals surface area contributed by atoms with Gasteiger partial charge in [0, 0.05) is 13.5 Å². The smallest absolute Gasteiger partial charge is 0.326 e. The number of guanidine groups is 1. The molecule has 0 bridgehead atoms. The average Bonchev–Trinajstić information content (AvgIpc) is 2.66. The van der Waals surface area contributed by atoms with Crippen molar-refractivity contribution in [2.24, 2.45) is 10.7 Å². The number of benzene rings is 1. The molecule has 1 atom stereocenters. The lowest BCUT2D eigenvalue weighted by Gasteiger charge is -2.35. The number of nitrogens with zero attached hydrogens (tertiary/aromatic N) is 1. The molecule has 0 unspecified atom stereocenters. The lowest BCUT2D eigenvalue weighted by molar-refractivity contribution is -0.141. The summed E-state index contributed by atoms with van der Waals surface area (Å²) in [6.45, 7) is 10.7. The topological polar surface area (TPSA) is 160 Å². The first-order chi connectivity index (χ1) is 15.2. The highest BCUT2D eigenvalue weighted by atomic mass is 32.2. The molecule has 33 heavy (non-hydrogen) atoms. The standard InChI is InChI=1S/C22H34N4O6S/c1-12-13(2)19(14(3)16-9-10-22(5,6)32-18(12)16)33(30,31)26-21(23)24-11-7-8-17(20(28)29)25-15(4)27/h17H,7-11H2,1-6H3,(H,25,27)(H,28,29)(H3,23,24,26)/t17-/m0/s1. The molecular weight excluding hydrogens is 448 g/mol. The molecule has 0 spiro atoms. The molecule has 2 rings (SSSR count). The molecular formula is C22H34N4O6S. The third-order valence-corrected chi connectivity index (χ3v) is 7.41. The summed E-state index contributed by atoms with van der Waals surface area (Å²) in [6, 6.07) is -1.04. The Balaban J connectivity index is 2.18. The number of carbonyl (C=O) groups is 2. The molecule has 1 aliphatic heterocycles. The highest BCUT2D eigenvalue weighted by molar-refractivity contribution is 7.90. The van der Waals surface area contributed by atoms with E-state index in [2.05, 4.69) is 15.0 Å². The van der Waals surface area contributed by atoms with Gasteiger partial charge in [0.15, 0.2) is 0 Å². The van der Waals surface area contributed by atoms with Gasteiger partial charge in [0.05, 0.1) is 4.90 Å². The van der Waals surface area contributed by atoms with E-state index in [-0.39, 0.29) is 29.4 Å². The highest BCUT2D eigenvalue weighted by Crippen LogP contribution is 2.42. The second-order valence-electron chi connectivity index (χ2n) is 8.98. The Labute approximate surface area is 195 Å². The van der Waals surface area contributed by atoms with Crippen LogP contribution >= 0.6 is 0 Å². The van der Waals surface area contributed by atoms with Crippen LogP contribution < -0.4 is 20.5 Å². The molecule has 11 heteroatoms. The fourth-order valence-corrected chi connectivity index (χ4v) is 5.49. The van der Waals surface area contributed by atoms with Crippen molar-refractivity contribution in [3.63, 3.8) is 0 Å². The number of aliphatic carboxylic acids is 1. The van der Waals surface area contributed by atoms with Crippen molar-refractivity contribution < 1.29 is 27.9 Å². The summed E-state index contributed by atoms with van der Waals surface area (Å²) in [5, 5.41) is 11.5. The number of hydrogen-bond acceptors (Lipinski definition) is 6. The maximum atomic E-state index is 13.2. The van der Waals surface area contributed by atoms with Gasteiger partial charge in [-0.05, 0) is 82.6 Å². The van der Waals surface area contributed by atoms with E-state index in [1.807, 2.05) is 20.8 Å². The SMILES string of the molecule is CC(=O)N[C@@H](CCCN=C(N)NS(=O)(=O)c1c(C)c(C)c2c(c1C)CCC(C)(C)O2)C(=O)O. The number of carbonyl (C=O) groups excluding carboxylic acids is 1. The Bertz CT molecular complexity index is 1080. The van der Waals surface area contributed by atoms with Gasteiger partial charge in [0.25, 0.3) is 10.0 Å². The van der Waals surface area contributed by atoms with E-state index in [1.165, 1.54) is 6.92 Å². The Hall–Kier alpha value is -2.82. The third-order valence-electron chi connectivity index (χ3n) is 5.78. The van der Waals surface area contributed by atoms with Crippen molar-refractivity contribution >= 4 is 27.9 Å². The summed E-state index contributed by atoms with van der Waals surface area (Å²) in [5.74, 6) is -1.14. The van der Waals surface area contributed by atoms with Gasteiger partial charge in [0.2, 0.25) is 11.9 Å². The minimum Gasteiger partial charge on any atom is -0.487 e. The lowest BCUT2D eigenvalue weighted by atomic mass is 9.88. The van der Waals surface area contributed by atoms with E-state index in [4.69, 9.17) is 15.6 Å². The Kier molecular flexibility index (Phi) is 8.00. The molecule has 0 aromatic heterocycles. The number of sulfonamides is 1. The molecule has 1 amide bonds. The second kappa shape index (κ2) is 9.98. The fourth-order valence-electron chi connectivity index (χ4n) is 3.97. The van der Waals surface area contributed by atoms with E-state index in [9.17, 15) is 18.0 Å². The normalized spacial score (nSPS) is 16.4. The summed E-state index contributed by atoms with van der Waals surface area (Å²) in [7, 11) is -4.00. The monoisotopic (exact) mass is 482 g/mol. The van der Waals surface area contributed by atoms with Crippen LogP contribution in [0.25, 0.3) is 0 Å². The lowest BCUT2D eigenvalue weighted by Crippen LogP contribution is -2.40. The van der Waals surface area contributed by atoms with Crippen LogP contribution in [0, 0.1) is 20.8 Å². The van der Waals surface area contributed by atoms with E-state index in [0.717, 1.165) is 23.3 Å². The van der Waals surface area contributed by atoms with E-state index in [1.54, 1.807) is 13.8 Å². The molecule has 1 heterocycles. The van der Waals surface area contributed by atoms with Gasteiger partial charge >= 0.3 is 5.97 Å². The minimum atomic E-state index is -4.00. The predicted octanol–water partition coefficient (Wildman–Crippen LogP) is 1.68. The average molecular weight is 483 g/mol. The molecule has 1 aromatic rings. The molecule has 0 saturated heterocycles. The van der Waals surface area contributed by atoms with Crippen molar-refractivity contribution in [2.45, 2.75) is 83.8 Å². The number of carboxylic acid groups (broad SMARTS) is 1. The van der Waals surface area contributed by atoms with Gasteiger partial charge in [-0.25, -0.2) is 17.9 Å². The first-order valence-electron chi connectivity index (χ1n) is 10.8. The van der Waals surface area contributed by atoms with E-state index >= 15 is 0 Å². The number of amides is 1. The third kappa shape index (κ3) is 6.37. The zero-order valence-corrected chi connectivity index (χ0v) is 20.9. The minimum absolute atomic E-state index is 0.0990. The number of ether oxygens (including phenoxy) is 1. The maximum Gasteiger partial charge on any atom is 0.326 e. The van der Waals surface area contributed by atoms with Gasteiger partial charge in [-0.1, -0.05) is 0 Å². The summed E-state index contributed by atoms with van der Waals surface area (Å²) in [6.07, 6.45) is 1.91. The number of nitrogens with two attached hydrogens (primary N) is 1. The molecule has 0 radical (unpaired) electrons. The number of fused-ring (bicyclic) bond motifs is 1. The Morgan fingerprint density at radius 2 is 1.85 bits per heavy atom. The number of aliphatic imine (C=N–C) groups is 1. The largest absolute Gasteiger partial charge is 0.487 e. The number of rotatable bonds is 8. The van der Waals surface area contributed by atoms with Crippen LogP contribution in [0.1, 0.15) is 62.3 Å². The summed E-state index contributed by atoms with van der Waals surface area (Å²) >= 11 is 0. The van der Waals surface area contributed by atoms with Crippen LogP contribution in [0.15, 0.2) is 9.89 Å². The molecule has 1 aromatic carbocycles. The van der Waals surface area contributed by atoms with Crippen LogP contribution in [0.2, 0.25) is 0 Å².